The molecule has 0 fully saturated rings. The van der Waals surface area contributed by atoms with Gasteiger partial charge in [0.25, 0.3) is 0 Å². The molecule has 0 aromatic rings. The summed E-state index contributed by atoms with van der Waals surface area (Å²) in [4.78, 5) is 0. The zero-order valence-electron chi connectivity index (χ0n) is 2.23. The first-order valence-electron chi connectivity index (χ1n) is 0.666. The fourth-order valence-electron chi connectivity index (χ4n) is 0. The van der Waals surface area contributed by atoms with E-state index < -0.39 is 0 Å². The molecular formula is C2H4OSi. The molecule has 0 saturated heterocycles. The first-order valence-corrected chi connectivity index (χ1v) is 0.666. The van der Waals surface area contributed by atoms with Gasteiger partial charge in [0.15, 0.2) is 0 Å². The van der Waals surface area contributed by atoms with Gasteiger partial charge in [-0.3, -0.25) is 0 Å². The molecule has 1 nitrogen and oxygen atoms in total. The summed E-state index contributed by atoms with van der Waals surface area (Å²) in [6, 6.07) is 0. The minimum Gasteiger partial charge on any atom is -0.516 e. The van der Waals surface area contributed by atoms with Gasteiger partial charge < -0.3 is 5.11 Å². The summed E-state index contributed by atoms with van der Waals surface area (Å²) in [6.07, 6.45) is 0.750. The lowest BCUT2D eigenvalue weighted by molar-refractivity contribution is 0.476. The summed E-state index contributed by atoms with van der Waals surface area (Å²) in [6.45, 7) is 2.92. The van der Waals surface area contributed by atoms with E-state index in [9.17, 15) is 0 Å². The van der Waals surface area contributed by atoms with Crippen LogP contribution in [0.3, 0.4) is 0 Å². The molecule has 0 saturated carbocycles. The van der Waals surface area contributed by atoms with E-state index in [1.54, 1.807) is 0 Å². The lowest BCUT2D eigenvalue weighted by atomic mass is 11.2. The van der Waals surface area contributed by atoms with Crippen molar-refractivity contribution in [3.05, 3.63) is 12.8 Å². The van der Waals surface area contributed by atoms with Crippen molar-refractivity contribution in [3.8, 4) is 0 Å². The van der Waals surface area contributed by atoms with E-state index in [1.807, 2.05) is 0 Å². The van der Waals surface area contributed by atoms with Crippen LogP contribution < -0.4 is 0 Å². The summed E-state index contributed by atoms with van der Waals surface area (Å²) >= 11 is 0. The molecule has 0 aliphatic heterocycles. The van der Waals surface area contributed by atoms with Crippen LogP contribution in [0.25, 0.3) is 0 Å². The van der Waals surface area contributed by atoms with Gasteiger partial charge in [-0.05, 0) is 0 Å². The van der Waals surface area contributed by atoms with Crippen molar-refractivity contribution in [1.29, 1.82) is 0 Å². The molecule has 0 bridgehead atoms. The summed E-state index contributed by atoms with van der Waals surface area (Å²) in [5, 5.41) is 7.33. The fourth-order valence-corrected chi connectivity index (χ4v) is 0. The van der Waals surface area contributed by atoms with Crippen LogP contribution in [0.4, 0.5) is 0 Å². The number of hydrogen-bond donors (Lipinski definition) is 1. The molecule has 0 heterocycles. The third kappa shape index (κ3) is 17.0. The molecule has 2 heteroatoms. The second kappa shape index (κ2) is 14.9. The summed E-state index contributed by atoms with van der Waals surface area (Å²) in [7, 11) is 0. The van der Waals surface area contributed by atoms with Crippen LogP contribution in [0, 0.1) is 0 Å². The van der Waals surface area contributed by atoms with Crippen LogP contribution >= 0.6 is 0 Å². The van der Waals surface area contributed by atoms with Gasteiger partial charge in [0.05, 0.1) is 6.26 Å². The van der Waals surface area contributed by atoms with Crippen molar-refractivity contribution in [1.82, 2.24) is 0 Å². The molecular weight excluding hydrogens is 68.1 g/mol. The topological polar surface area (TPSA) is 20.2 Å². The highest BCUT2D eigenvalue weighted by Gasteiger charge is 1.11. The normalized spacial score (nSPS) is 3.00. The van der Waals surface area contributed by atoms with E-state index in [-0.39, 0.29) is 11.0 Å². The van der Waals surface area contributed by atoms with Gasteiger partial charge in [-0.15, -0.1) is 0 Å². The number of hydrogen-bond acceptors (Lipinski definition) is 1. The number of aliphatic hydroxyl groups excluding tert-OH is 1. The van der Waals surface area contributed by atoms with E-state index in [1.165, 1.54) is 0 Å². The monoisotopic (exact) mass is 72.0 g/mol. The minimum atomic E-state index is 0. The van der Waals surface area contributed by atoms with E-state index in [4.69, 9.17) is 5.11 Å². The largest absolute Gasteiger partial charge is 0.516 e. The maximum Gasteiger partial charge on any atom is 0.0719 e. The Balaban J connectivity index is 0. The number of rotatable bonds is 0. The molecule has 0 aromatic heterocycles. The molecule has 0 spiro atoms. The molecule has 4 radical (unpaired) electrons. The molecule has 0 rings (SSSR count). The van der Waals surface area contributed by atoms with Gasteiger partial charge in [-0.25, -0.2) is 0 Å². The van der Waals surface area contributed by atoms with Crippen LogP contribution in [0.1, 0.15) is 0 Å². The molecule has 0 atom stereocenters. The second-order valence-corrected chi connectivity index (χ2v) is 0.183. The van der Waals surface area contributed by atoms with E-state index in [0.29, 0.717) is 0 Å². The maximum atomic E-state index is 7.33. The molecule has 0 unspecified atom stereocenters. The van der Waals surface area contributed by atoms with E-state index >= 15 is 0 Å². The Morgan fingerprint density at radius 3 is 1.75 bits per heavy atom. The lowest BCUT2D eigenvalue weighted by Gasteiger charge is -1.41. The van der Waals surface area contributed by atoms with Gasteiger partial charge in [-0.1, -0.05) is 6.58 Å². The molecule has 0 aliphatic carbocycles. The Hall–Kier alpha value is -0.243. The number of aliphatic hydroxyl groups is 1. The Bertz CT molecular complexity index is 13.5. The molecule has 4 heavy (non-hydrogen) atoms. The highest BCUT2D eigenvalue weighted by molar-refractivity contribution is 5.75. The van der Waals surface area contributed by atoms with Gasteiger partial charge >= 0.3 is 0 Å². The molecule has 1 N–H and O–H groups in total. The van der Waals surface area contributed by atoms with Gasteiger partial charge in [0.1, 0.15) is 0 Å². The van der Waals surface area contributed by atoms with E-state index in [2.05, 4.69) is 6.58 Å². The van der Waals surface area contributed by atoms with Crippen LogP contribution in [0.15, 0.2) is 12.8 Å². The fraction of sp³-hybridized carbons (Fsp3) is 0. The average molecular weight is 72.1 g/mol. The van der Waals surface area contributed by atoms with Crippen molar-refractivity contribution in [2.45, 2.75) is 0 Å². The molecule has 0 aromatic carbocycles. The van der Waals surface area contributed by atoms with Crippen molar-refractivity contribution >= 4 is 11.0 Å². The SMILES string of the molecule is C=CO.[Si]. The van der Waals surface area contributed by atoms with Crippen LogP contribution in [-0.4, -0.2) is 16.1 Å². The predicted octanol–water partition coefficient (Wildman–Crippen LogP) is 0.307. The van der Waals surface area contributed by atoms with Gasteiger partial charge in [0, 0.05) is 11.0 Å². The summed E-state index contributed by atoms with van der Waals surface area (Å²) in [5.41, 5.74) is 0. The third-order valence-corrected chi connectivity index (χ3v) is 0. The zero-order chi connectivity index (χ0) is 2.71. The predicted molar refractivity (Wildman–Crippen MR) is 18.6 cm³/mol. The average Bonchev–Trinajstić information content (AvgIpc) is 0.918. The first kappa shape index (κ1) is 9.25. The van der Waals surface area contributed by atoms with Crippen molar-refractivity contribution in [3.63, 3.8) is 0 Å². The highest BCUT2D eigenvalue weighted by atomic mass is 28.1. The standard InChI is InChI=1S/C2H4O.Si/c1-2-3;/h2-3H,1H2;. The lowest BCUT2D eigenvalue weighted by Crippen LogP contribution is -1.25. The molecule has 22 valence electrons. The third-order valence-electron chi connectivity index (χ3n) is 0. The van der Waals surface area contributed by atoms with Crippen molar-refractivity contribution in [2.24, 2.45) is 0 Å². The van der Waals surface area contributed by atoms with Crippen LogP contribution in [0.5, 0.6) is 0 Å². The smallest absolute Gasteiger partial charge is 0.0719 e. The highest BCUT2D eigenvalue weighted by Crippen LogP contribution is 1.26. The zero-order valence-corrected chi connectivity index (χ0v) is 3.23. The summed E-state index contributed by atoms with van der Waals surface area (Å²) < 4.78 is 0. The summed E-state index contributed by atoms with van der Waals surface area (Å²) in [5.74, 6) is 0. The Labute approximate surface area is 30.0 Å². The Kier molecular flexibility index (Phi) is 34.4. The quantitative estimate of drug-likeness (QED) is 0.322. The Morgan fingerprint density at radius 2 is 1.75 bits per heavy atom. The van der Waals surface area contributed by atoms with Crippen molar-refractivity contribution < 1.29 is 5.11 Å². The minimum absolute atomic E-state index is 0. The van der Waals surface area contributed by atoms with Gasteiger partial charge in [0.2, 0.25) is 0 Å². The molecule has 0 amide bonds. The van der Waals surface area contributed by atoms with E-state index in [0.717, 1.165) is 6.26 Å². The van der Waals surface area contributed by atoms with Crippen molar-refractivity contribution in [2.75, 3.05) is 0 Å². The van der Waals surface area contributed by atoms with Gasteiger partial charge in [-0.2, -0.15) is 0 Å². The second-order valence-electron chi connectivity index (χ2n) is 0.183. The Morgan fingerprint density at radius 1 is 1.75 bits per heavy atom. The maximum absolute atomic E-state index is 7.33. The molecule has 0 aliphatic rings. The van der Waals surface area contributed by atoms with Crippen LogP contribution in [-0.2, 0) is 0 Å². The van der Waals surface area contributed by atoms with Crippen LogP contribution in [0.2, 0.25) is 0 Å². The first-order chi connectivity index (χ1) is 1.41.